The summed E-state index contributed by atoms with van der Waals surface area (Å²) in [6.45, 7) is 8.26. The van der Waals surface area contributed by atoms with Crippen LogP contribution in [-0.2, 0) is 16.0 Å². The second-order valence-electron chi connectivity index (χ2n) is 8.35. The SMILES string of the molecule is CCc1ccc(N2C(=O)CS[C@@H]2c2ccc(NC(=O)CC(C)(C)C)cc2)cc1. The van der Waals surface area contributed by atoms with E-state index < -0.39 is 0 Å². The van der Waals surface area contributed by atoms with Crippen LogP contribution in [0.5, 0.6) is 0 Å². The van der Waals surface area contributed by atoms with E-state index >= 15 is 0 Å². The zero-order valence-electron chi connectivity index (χ0n) is 17.0. The van der Waals surface area contributed by atoms with Gasteiger partial charge in [-0.2, -0.15) is 0 Å². The van der Waals surface area contributed by atoms with Crippen molar-refractivity contribution in [2.24, 2.45) is 5.41 Å². The van der Waals surface area contributed by atoms with Crippen molar-refractivity contribution in [3.63, 3.8) is 0 Å². The Balaban J connectivity index is 1.74. The Kier molecular flexibility index (Phi) is 6.14. The van der Waals surface area contributed by atoms with Crippen LogP contribution in [0.4, 0.5) is 11.4 Å². The Morgan fingerprint density at radius 2 is 1.75 bits per heavy atom. The van der Waals surface area contributed by atoms with Crippen LogP contribution in [0.3, 0.4) is 0 Å². The third kappa shape index (κ3) is 4.96. The summed E-state index contributed by atoms with van der Waals surface area (Å²) in [6.07, 6.45) is 1.46. The van der Waals surface area contributed by atoms with E-state index in [0.717, 1.165) is 23.4 Å². The zero-order valence-corrected chi connectivity index (χ0v) is 17.8. The Morgan fingerprint density at radius 1 is 1.11 bits per heavy atom. The minimum absolute atomic E-state index is 0.0170. The number of rotatable bonds is 5. The lowest BCUT2D eigenvalue weighted by atomic mass is 9.92. The number of nitrogens with one attached hydrogen (secondary N) is 1. The number of hydrogen-bond acceptors (Lipinski definition) is 3. The third-order valence-electron chi connectivity index (χ3n) is 4.66. The molecule has 28 heavy (non-hydrogen) atoms. The van der Waals surface area contributed by atoms with Crippen LogP contribution in [0.1, 0.15) is 50.6 Å². The van der Waals surface area contributed by atoms with Gasteiger partial charge in [0.25, 0.3) is 0 Å². The van der Waals surface area contributed by atoms with Crippen LogP contribution >= 0.6 is 11.8 Å². The summed E-state index contributed by atoms with van der Waals surface area (Å²) in [5.74, 6) is 0.620. The molecule has 2 aromatic rings. The van der Waals surface area contributed by atoms with Crippen molar-refractivity contribution in [3.8, 4) is 0 Å². The first-order valence-corrected chi connectivity index (χ1v) is 10.7. The molecule has 1 N–H and O–H groups in total. The molecule has 5 heteroatoms. The molecule has 0 spiro atoms. The third-order valence-corrected chi connectivity index (χ3v) is 5.87. The fraction of sp³-hybridized carbons (Fsp3) is 0.391. The summed E-state index contributed by atoms with van der Waals surface area (Å²) in [5, 5.41) is 2.91. The maximum Gasteiger partial charge on any atom is 0.238 e. The number of carbonyl (C=O) groups is 2. The summed E-state index contributed by atoms with van der Waals surface area (Å²) in [7, 11) is 0. The minimum Gasteiger partial charge on any atom is -0.326 e. The highest BCUT2D eigenvalue weighted by Crippen LogP contribution is 2.42. The van der Waals surface area contributed by atoms with Gasteiger partial charge >= 0.3 is 0 Å². The van der Waals surface area contributed by atoms with Gasteiger partial charge in [-0.15, -0.1) is 11.8 Å². The second-order valence-corrected chi connectivity index (χ2v) is 9.42. The Hall–Kier alpha value is -2.27. The number of hydrogen-bond donors (Lipinski definition) is 1. The summed E-state index contributed by atoms with van der Waals surface area (Å²) in [5.41, 5.74) is 3.99. The van der Waals surface area contributed by atoms with Crippen LogP contribution in [0.15, 0.2) is 48.5 Å². The predicted octanol–water partition coefficient (Wildman–Crippen LogP) is 5.40. The number of nitrogens with zero attached hydrogens (tertiary/aromatic N) is 1. The second kappa shape index (κ2) is 8.39. The molecule has 1 fully saturated rings. The van der Waals surface area contributed by atoms with Gasteiger partial charge in [0.05, 0.1) is 5.75 Å². The van der Waals surface area contributed by atoms with Gasteiger partial charge in [0.2, 0.25) is 11.8 Å². The van der Waals surface area contributed by atoms with Crippen LogP contribution in [-0.4, -0.2) is 17.6 Å². The monoisotopic (exact) mass is 396 g/mol. The fourth-order valence-corrected chi connectivity index (χ4v) is 4.44. The molecule has 2 aromatic carbocycles. The van der Waals surface area contributed by atoms with E-state index in [-0.39, 0.29) is 22.6 Å². The van der Waals surface area contributed by atoms with Crippen molar-refractivity contribution in [1.82, 2.24) is 0 Å². The summed E-state index contributed by atoms with van der Waals surface area (Å²) in [4.78, 5) is 26.5. The van der Waals surface area contributed by atoms with Gasteiger partial charge in [0.1, 0.15) is 5.37 Å². The Bertz CT molecular complexity index is 838. The number of thioether (sulfide) groups is 1. The minimum atomic E-state index is -0.0430. The molecule has 1 aliphatic heterocycles. The van der Waals surface area contributed by atoms with Gasteiger partial charge in [-0.25, -0.2) is 0 Å². The highest BCUT2D eigenvalue weighted by atomic mass is 32.2. The molecule has 0 unspecified atom stereocenters. The van der Waals surface area contributed by atoms with E-state index in [1.54, 1.807) is 11.8 Å². The van der Waals surface area contributed by atoms with Crippen molar-refractivity contribution in [3.05, 3.63) is 59.7 Å². The molecular weight excluding hydrogens is 368 g/mol. The average Bonchev–Trinajstić information content (AvgIpc) is 3.02. The van der Waals surface area contributed by atoms with Crippen LogP contribution < -0.4 is 10.2 Å². The lowest BCUT2D eigenvalue weighted by Gasteiger charge is -2.25. The number of anilines is 2. The van der Waals surface area contributed by atoms with Crippen molar-refractivity contribution in [1.29, 1.82) is 0 Å². The number of aryl methyl sites for hydroxylation is 1. The van der Waals surface area contributed by atoms with Crippen molar-refractivity contribution in [2.45, 2.75) is 45.9 Å². The smallest absolute Gasteiger partial charge is 0.238 e. The first-order chi connectivity index (χ1) is 13.3. The van der Waals surface area contributed by atoms with Gasteiger partial charge in [-0.1, -0.05) is 52.0 Å². The maximum atomic E-state index is 12.5. The molecule has 0 aromatic heterocycles. The lowest BCUT2D eigenvalue weighted by molar-refractivity contribution is -0.118. The number of carbonyl (C=O) groups excluding carboxylic acids is 2. The van der Waals surface area contributed by atoms with E-state index in [4.69, 9.17) is 0 Å². The van der Waals surface area contributed by atoms with E-state index in [0.29, 0.717) is 12.2 Å². The van der Waals surface area contributed by atoms with E-state index in [9.17, 15) is 9.59 Å². The topological polar surface area (TPSA) is 49.4 Å². The van der Waals surface area contributed by atoms with Gasteiger partial charge in [-0.05, 0) is 47.2 Å². The van der Waals surface area contributed by atoms with Gasteiger partial charge in [-0.3, -0.25) is 14.5 Å². The van der Waals surface area contributed by atoms with Gasteiger partial charge in [0.15, 0.2) is 0 Å². The van der Waals surface area contributed by atoms with Crippen molar-refractivity contribution >= 4 is 35.0 Å². The van der Waals surface area contributed by atoms with Crippen molar-refractivity contribution < 1.29 is 9.59 Å². The standard InChI is InChI=1S/C23H28N2O2S/c1-5-16-6-12-19(13-7-16)25-21(27)15-28-22(25)17-8-10-18(11-9-17)24-20(26)14-23(2,3)4/h6-13,22H,5,14-15H2,1-4H3,(H,24,26)/t22-/m1/s1. The molecule has 3 rings (SSSR count). The summed E-state index contributed by atoms with van der Waals surface area (Å²) < 4.78 is 0. The first kappa shape index (κ1) is 20.5. The Labute approximate surface area is 171 Å². The fourth-order valence-electron chi connectivity index (χ4n) is 3.26. The van der Waals surface area contributed by atoms with Gasteiger partial charge in [0, 0.05) is 17.8 Å². The molecule has 0 saturated carbocycles. The van der Waals surface area contributed by atoms with Crippen LogP contribution in [0, 0.1) is 5.41 Å². The normalized spacial score (nSPS) is 17.1. The first-order valence-electron chi connectivity index (χ1n) is 9.69. The molecule has 4 nitrogen and oxygen atoms in total. The molecule has 0 radical (unpaired) electrons. The number of benzene rings is 2. The highest BCUT2D eigenvalue weighted by molar-refractivity contribution is 8.00. The van der Waals surface area contributed by atoms with E-state index in [1.807, 2.05) is 62.1 Å². The van der Waals surface area contributed by atoms with E-state index in [2.05, 4.69) is 24.4 Å². The average molecular weight is 397 g/mol. The van der Waals surface area contributed by atoms with Crippen LogP contribution in [0.25, 0.3) is 0 Å². The molecule has 1 heterocycles. The maximum absolute atomic E-state index is 12.5. The van der Waals surface area contributed by atoms with E-state index in [1.165, 1.54) is 5.56 Å². The number of amides is 2. The van der Waals surface area contributed by atoms with Gasteiger partial charge < -0.3 is 5.32 Å². The quantitative estimate of drug-likeness (QED) is 0.736. The molecule has 2 amide bonds. The summed E-state index contributed by atoms with van der Waals surface area (Å²) in [6, 6.07) is 16.0. The molecule has 0 bridgehead atoms. The molecule has 148 valence electrons. The lowest BCUT2D eigenvalue weighted by Crippen LogP contribution is -2.27. The zero-order chi connectivity index (χ0) is 20.3. The molecule has 0 aliphatic carbocycles. The molecule has 1 aliphatic rings. The van der Waals surface area contributed by atoms with Crippen molar-refractivity contribution in [2.75, 3.05) is 16.0 Å². The largest absolute Gasteiger partial charge is 0.326 e. The molecule has 1 atom stereocenters. The summed E-state index contributed by atoms with van der Waals surface area (Å²) >= 11 is 1.63. The predicted molar refractivity (Wildman–Crippen MR) is 118 cm³/mol. The Morgan fingerprint density at radius 3 is 2.32 bits per heavy atom. The molecular formula is C23H28N2O2S. The van der Waals surface area contributed by atoms with Crippen LogP contribution in [0.2, 0.25) is 0 Å². The highest BCUT2D eigenvalue weighted by Gasteiger charge is 2.34. The molecule has 1 saturated heterocycles.